The molecule has 102 valence electrons. The van der Waals surface area contributed by atoms with Crippen LogP contribution < -0.4 is 5.32 Å². The number of piperazine rings is 1. The second-order valence-electron chi connectivity index (χ2n) is 5.41. The molecular formula is C15H20N2O2. The van der Waals surface area contributed by atoms with Crippen LogP contribution in [0.25, 0.3) is 0 Å². The van der Waals surface area contributed by atoms with Gasteiger partial charge >= 0.3 is 0 Å². The lowest BCUT2D eigenvalue weighted by Gasteiger charge is -2.44. The number of hydrogen-bond donors (Lipinski definition) is 1. The van der Waals surface area contributed by atoms with Crippen molar-refractivity contribution in [1.29, 1.82) is 0 Å². The molecule has 1 fully saturated rings. The largest absolute Gasteiger partial charge is 0.353 e. The molecule has 19 heavy (non-hydrogen) atoms. The van der Waals surface area contributed by atoms with Crippen molar-refractivity contribution in [2.75, 3.05) is 13.1 Å². The molecule has 1 aromatic carbocycles. The van der Waals surface area contributed by atoms with Crippen LogP contribution in [0.2, 0.25) is 0 Å². The second kappa shape index (κ2) is 5.13. The zero-order valence-corrected chi connectivity index (χ0v) is 11.6. The third kappa shape index (κ3) is 2.54. The molecule has 1 heterocycles. The van der Waals surface area contributed by atoms with E-state index in [0.717, 1.165) is 0 Å². The number of carbonyl (C=O) groups excluding carboxylic acids is 2. The van der Waals surface area contributed by atoms with E-state index in [1.165, 1.54) is 0 Å². The van der Waals surface area contributed by atoms with Gasteiger partial charge in [-0.15, -0.1) is 0 Å². The predicted octanol–water partition coefficient (Wildman–Crippen LogP) is 1.47. The van der Waals surface area contributed by atoms with Gasteiger partial charge in [0.15, 0.2) is 5.78 Å². The first-order valence-corrected chi connectivity index (χ1v) is 6.59. The van der Waals surface area contributed by atoms with Crippen molar-refractivity contribution < 1.29 is 9.59 Å². The van der Waals surface area contributed by atoms with E-state index in [4.69, 9.17) is 0 Å². The van der Waals surface area contributed by atoms with Gasteiger partial charge in [-0.25, -0.2) is 0 Å². The minimum atomic E-state index is -0.651. The SMILES string of the molecule is CC(C(=O)c1ccccc1)N1CCNC(=O)C1(C)C. The number of ketones is 1. The van der Waals surface area contributed by atoms with Crippen molar-refractivity contribution >= 4 is 11.7 Å². The molecular weight excluding hydrogens is 240 g/mol. The average Bonchev–Trinajstić information content (AvgIpc) is 2.41. The molecule has 1 aromatic rings. The van der Waals surface area contributed by atoms with Crippen molar-refractivity contribution in [3.8, 4) is 0 Å². The Labute approximate surface area is 113 Å². The quantitative estimate of drug-likeness (QED) is 0.837. The Morgan fingerprint density at radius 2 is 1.95 bits per heavy atom. The lowest BCUT2D eigenvalue weighted by Crippen LogP contribution is -2.65. The summed E-state index contributed by atoms with van der Waals surface area (Å²) in [6.45, 7) is 6.87. The molecule has 0 aliphatic carbocycles. The molecule has 0 spiro atoms. The minimum Gasteiger partial charge on any atom is -0.353 e. The molecule has 1 amide bonds. The number of nitrogens with zero attached hydrogens (tertiary/aromatic N) is 1. The highest BCUT2D eigenvalue weighted by atomic mass is 16.2. The Balaban J connectivity index is 2.22. The van der Waals surface area contributed by atoms with Gasteiger partial charge in [-0.05, 0) is 20.8 Å². The number of benzene rings is 1. The van der Waals surface area contributed by atoms with Crippen LogP contribution in [-0.2, 0) is 4.79 Å². The van der Waals surface area contributed by atoms with Gasteiger partial charge in [0.1, 0.15) is 0 Å². The molecule has 1 unspecified atom stereocenters. The molecule has 1 saturated heterocycles. The Kier molecular flexibility index (Phi) is 3.71. The van der Waals surface area contributed by atoms with E-state index in [1.807, 2.05) is 56.0 Å². The molecule has 4 heteroatoms. The summed E-state index contributed by atoms with van der Waals surface area (Å²) in [5.41, 5.74) is 0.0408. The number of rotatable bonds is 3. The van der Waals surface area contributed by atoms with Crippen molar-refractivity contribution in [3.63, 3.8) is 0 Å². The molecule has 1 aliphatic rings. The Morgan fingerprint density at radius 3 is 2.58 bits per heavy atom. The summed E-state index contributed by atoms with van der Waals surface area (Å²) in [6.07, 6.45) is 0. The fraction of sp³-hybridized carbons (Fsp3) is 0.467. The van der Waals surface area contributed by atoms with Gasteiger partial charge in [-0.3, -0.25) is 14.5 Å². The number of amides is 1. The molecule has 0 aromatic heterocycles. The van der Waals surface area contributed by atoms with Crippen LogP contribution in [0.5, 0.6) is 0 Å². The van der Waals surface area contributed by atoms with Gasteiger partial charge in [-0.2, -0.15) is 0 Å². The molecule has 2 rings (SSSR count). The van der Waals surface area contributed by atoms with Gasteiger partial charge in [-0.1, -0.05) is 30.3 Å². The van der Waals surface area contributed by atoms with Crippen LogP contribution in [0.3, 0.4) is 0 Å². The monoisotopic (exact) mass is 260 g/mol. The summed E-state index contributed by atoms with van der Waals surface area (Å²) in [7, 11) is 0. The number of hydrogen-bond acceptors (Lipinski definition) is 3. The third-order valence-corrected chi connectivity index (χ3v) is 3.82. The van der Waals surface area contributed by atoms with E-state index in [-0.39, 0.29) is 17.7 Å². The van der Waals surface area contributed by atoms with E-state index >= 15 is 0 Å². The highest BCUT2D eigenvalue weighted by Crippen LogP contribution is 2.22. The maximum absolute atomic E-state index is 12.5. The van der Waals surface area contributed by atoms with Gasteiger partial charge in [0.2, 0.25) is 5.91 Å². The Bertz CT molecular complexity index is 482. The van der Waals surface area contributed by atoms with Gasteiger partial charge in [0, 0.05) is 18.7 Å². The molecule has 1 aliphatic heterocycles. The Morgan fingerprint density at radius 1 is 1.32 bits per heavy atom. The summed E-state index contributed by atoms with van der Waals surface area (Å²) >= 11 is 0. The molecule has 0 bridgehead atoms. The number of carbonyl (C=O) groups is 2. The first-order valence-electron chi connectivity index (χ1n) is 6.59. The zero-order valence-electron chi connectivity index (χ0n) is 11.6. The highest BCUT2D eigenvalue weighted by molar-refractivity contribution is 6.00. The topological polar surface area (TPSA) is 49.4 Å². The zero-order chi connectivity index (χ0) is 14.0. The average molecular weight is 260 g/mol. The third-order valence-electron chi connectivity index (χ3n) is 3.82. The van der Waals surface area contributed by atoms with Crippen molar-refractivity contribution in [1.82, 2.24) is 10.2 Å². The van der Waals surface area contributed by atoms with Crippen molar-refractivity contribution in [2.45, 2.75) is 32.4 Å². The summed E-state index contributed by atoms with van der Waals surface area (Å²) in [5, 5.41) is 2.84. The molecule has 0 saturated carbocycles. The van der Waals surface area contributed by atoms with E-state index in [9.17, 15) is 9.59 Å². The molecule has 1 N–H and O–H groups in total. The predicted molar refractivity (Wildman–Crippen MR) is 74.0 cm³/mol. The maximum atomic E-state index is 12.5. The van der Waals surface area contributed by atoms with Crippen LogP contribution in [0.4, 0.5) is 0 Å². The van der Waals surface area contributed by atoms with Crippen LogP contribution in [0.15, 0.2) is 30.3 Å². The summed E-state index contributed by atoms with van der Waals surface area (Å²) in [4.78, 5) is 26.4. The van der Waals surface area contributed by atoms with E-state index < -0.39 is 5.54 Å². The first kappa shape index (κ1) is 13.7. The molecule has 1 atom stereocenters. The highest BCUT2D eigenvalue weighted by Gasteiger charge is 2.41. The van der Waals surface area contributed by atoms with Crippen LogP contribution in [0, 0.1) is 0 Å². The lowest BCUT2D eigenvalue weighted by molar-refractivity contribution is -0.135. The summed E-state index contributed by atoms with van der Waals surface area (Å²) in [5.74, 6) is 0.0369. The van der Waals surface area contributed by atoms with Crippen molar-refractivity contribution in [2.24, 2.45) is 0 Å². The van der Waals surface area contributed by atoms with Gasteiger partial charge in [0.25, 0.3) is 0 Å². The number of nitrogens with one attached hydrogen (secondary N) is 1. The second-order valence-corrected chi connectivity index (χ2v) is 5.41. The van der Waals surface area contributed by atoms with E-state index in [2.05, 4.69) is 5.32 Å². The molecule has 4 nitrogen and oxygen atoms in total. The van der Waals surface area contributed by atoms with Gasteiger partial charge in [0.05, 0.1) is 11.6 Å². The minimum absolute atomic E-state index is 0.0218. The van der Waals surface area contributed by atoms with Crippen LogP contribution >= 0.6 is 0 Å². The lowest BCUT2D eigenvalue weighted by atomic mass is 9.94. The molecule has 0 radical (unpaired) electrons. The van der Waals surface area contributed by atoms with E-state index in [0.29, 0.717) is 18.7 Å². The standard InChI is InChI=1S/C15H20N2O2/c1-11(13(18)12-7-5-4-6-8-12)17-10-9-16-14(19)15(17,2)3/h4-8,11H,9-10H2,1-3H3,(H,16,19). The fourth-order valence-electron chi connectivity index (χ4n) is 2.58. The van der Waals surface area contributed by atoms with Crippen molar-refractivity contribution in [3.05, 3.63) is 35.9 Å². The Hall–Kier alpha value is -1.68. The summed E-state index contributed by atoms with van der Waals surface area (Å²) < 4.78 is 0. The maximum Gasteiger partial charge on any atom is 0.240 e. The normalized spacial score (nSPS) is 20.7. The summed E-state index contributed by atoms with van der Waals surface area (Å²) in [6, 6.07) is 8.93. The van der Waals surface area contributed by atoms with Gasteiger partial charge < -0.3 is 5.32 Å². The van der Waals surface area contributed by atoms with E-state index in [1.54, 1.807) is 0 Å². The van der Waals surface area contributed by atoms with Crippen LogP contribution in [0.1, 0.15) is 31.1 Å². The van der Waals surface area contributed by atoms with Crippen LogP contribution in [-0.4, -0.2) is 41.3 Å². The smallest absolute Gasteiger partial charge is 0.240 e. The first-order chi connectivity index (χ1) is 8.94. The fourth-order valence-corrected chi connectivity index (χ4v) is 2.58. The number of Topliss-reactive ketones (excluding diaryl/α,β-unsaturated/α-hetero) is 1.